The first kappa shape index (κ1) is 17.0. The Morgan fingerprint density at radius 2 is 2.00 bits per heavy atom. The Kier molecular flexibility index (Phi) is 4.28. The van der Waals surface area contributed by atoms with Gasteiger partial charge >= 0.3 is 0 Å². The molecule has 6 heterocycles. The number of hydrogen-bond acceptors (Lipinski definition) is 6. The average molecular weight is 369 g/mol. The molecule has 1 amide bonds. The summed E-state index contributed by atoms with van der Waals surface area (Å²) in [4.78, 5) is 21.9. The zero-order valence-electron chi connectivity index (χ0n) is 15.8. The molecule has 4 aliphatic rings. The molecule has 2 aromatic rings. The summed E-state index contributed by atoms with van der Waals surface area (Å²) in [5, 5.41) is 7.53. The normalized spacial score (nSPS) is 30.6. The molecule has 0 spiro atoms. The minimum Gasteiger partial charge on any atom is -0.440 e. The standard InChI is InChI=1S/C20H27N5O2/c1-13-19(14-2-6-24(13)7-3-14)23-20(26)16-11-17-15(12-22-16)10-18(27-17)25-8-4-21-5-9-25/h10-14,19,21H,2-9H2,1H3,(H,23,26). The van der Waals surface area contributed by atoms with Crippen LogP contribution in [0.5, 0.6) is 0 Å². The van der Waals surface area contributed by atoms with Gasteiger partial charge < -0.3 is 20.0 Å². The molecule has 2 bridgehead atoms. The Morgan fingerprint density at radius 3 is 2.74 bits per heavy atom. The Bertz CT molecular complexity index is 834. The highest BCUT2D eigenvalue weighted by atomic mass is 16.4. The molecule has 0 aliphatic carbocycles. The zero-order chi connectivity index (χ0) is 18.4. The number of carbonyl (C=O) groups excluding carboxylic acids is 1. The minimum atomic E-state index is -0.0948. The Labute approximate surface area is 159 Å². The molecular weight excluding hydrogens is 342 g/mol. The van der Waals surface area contributed by atoms with Gasteiger partial charge in [0.05, 0.1) is 0 Å². The first-order valence-electron chi connectivity index (χ1n) is 10.1. The molecule has 0 aromatic carbocycles. The van der Waals surface area contributed by atoms with Crippen molar-refractivity contribution in [3.63, 3.8) is 0 Å². The van der Waals surface area contributed by atoms with Crippen LogP contribution in [0.2, 0.25) is 0 Å². The van der Waals surface area contributed by atoms with Crippen LogP contribution in [0.25, 0.3) is 11.0 Å². The van der Waals surface area contributed by atoms with Crippen molar-refractivity contribution in [1.29, 1.82) is 0 Å². The Hall–Kier alpha value is -2.12. The van der Waals surface area contributed by atoms with E-state index in [2.05, 4.69) is 32.3 Å². The van der Waals surface area contributed by atoms with Gasteiger partial charge in [-0.1, -0.05) is 0 Å². The third-order valence-corrected chi connectivity index (χ3v) is 6.53. The fourth-order valence-corrected chi connectivity index (χ4v) is 4.86. The second-order valence-corrected chi connectivity index (χ2v) is 8.04. The van der Waals surface area contributed by atoms with E-state index in [0.29, 0.717) is 17.7 Å². The molecule has 4 saturated heterocycles. The molecule has 27 heavy (non-hydrogen) atoms. The number of piperazine rings is 1. The van der Waals surface area contributed by atoms with Crippen LogP contribution in [-0.2, 0) is 0 Å². The molecule has 144 valence electrons. The van der Waals surface area contributed by atoms with Gasteiger partial charge in [-0.05, 0) is 38.8 Å². The maximum absolute atomic E-state index is 12.8. The van der Waals surface area contributed by atoms with Crippen molar-refractivity contribution in [3.8, 4) is 0 Å². The van der Waals surface area contributed by atoms with Gasteiger partial charge in [0, 0.05) is 62.0 Å². The number of amides is 1. The maximum Gasteiger partial charge on any atom is 0.270 e. The van der Waals surface area contributed by atoms with Crippen LogP contribution < -0.4 is 15.5 Å². The van der Waals surface area contributed by atoms with Gasteiger partial charge in [-0.3, -0.25) is 14.7 Å². The molecule has 2 unspecified atom stereocenters. The summed E-state index contributed by atoms with van der Waals surface area (Å²) in [5.74, 6) is 1.35. The second kappa shape index (κ2) is 6.80. The van der Waals surface area contributed by atoms with Gasteiger partial charge in [0.15, 0.2) is 5.88 Å². The predicted octanol–water partition coefficient (Wildman–Crippen LogP) is 1.45. The minimum absolute atomic E-state index is 0.0948. The number of hydrogen-bond donors (Lipinski definition) is 2. The quantitative estimate of drug-likeness (QED) is 0.853. The number of nitrogens with one attached hydrogen (secondary N) is 2. The van der Waals surface area contributed by atoms with Gasteiger partial charge in [0.25, 0.3) is 5.91 Å². The number of anilines is 1. The van der Waals surface area contributed by atoms with E-state index >= 15 is 0 Å². The lowest BCUT2D eigenvalue weighted by Crippen LogP contribution is -2.62. The number of aromatic nitrogens is 1. The van der Waals surface area contributed by atoms with E-state index in [-0.39, 0.29) is 11.9 Å². The van der Waals surface area contributed by atoms with E-state index in [9.17, 15) is 4.79 Å². The summed E-state index contributed by atoms with van der Waals surface area (Å²) in [6.45, 7) is 8.31. The SMILES string of the molecule is CC1C(NC(=O)c2cc3oc(N4CCNCC4)cc3cn2)C2CCN1CC2. The summed E-state index contributed by atoms with van der Waals surface area (Å²) in [6.07, 6.45) is 4.10. The summed E-state index contributed by atoms with van der Waals surface area (Å²) in [7, 11) is 0. The zero-order valence-corrected chi connectivity index (χ0v) is 15.8. The van der Waals surface area contributed by atoms with Gasteiger partial charge in [0.1, 0.15) is 11.3 Å². The third-order valence-electron chi connectivity index (χ3n) is 6.53. The van der Waals surface area contributed by atoms with Crippen molar-refractivity contribution in [3.05, 3.63) is 24.0 Å². The number of carbonyl (C=O) groups is 1. The smallest absolute Gasteiger partial charge is 0.270 e. The van der Waals surface area contributed by atoms with Crippen molar-refractivity contribution in [2.45, 2.75) is 31.8 Å². The molecule has 6 rings (SSSR count). The molecule has 7 heteroatoms. The number of pyridine rings is 1. The van der Waals surface area contributed by atoms with Gasteiger partial charge in [-0.2, -0.15) is 0 Å². The molecular formula is C20H27N5O2. The van der Waals surface area contributed by atoms with Crippen LogP contribution in [-0.4, -0.2) is 67.1 Å². The highest BCUT2D eigenvalue weighted by Crippen LogP contribution is 2.32. The van der Waals surface area contributed by atoms with E-state index in [1.807, 2.05) is 6.07 Å². The summed E-state index contributed by atoms with van der Waals surface area (Å²) in [6, 6.07) is 4.41. The van der Waals surface area contributed by atoms with Crippen LogP contribution in [0.4, 0.5) is 5.88 Å². The molecule has 2 atom stereocenters. The summed E-state index contributed by atoms with van der Waals surface area (Å²) >= 11 is 0. The van der Waals surface area contributed by atoms with Gasteiger partial charge in [-0.15, -0.1) is 0 Å². The van der Waals surface area contributed by atoms with Crippen molar-refractivity contribution in [1.82, 2.24) is 20.5 Å². The first-order chi connectivity index (χ1) is 13.2. The van der Waals surface area contributed by atoms with E-state index in [1.165, 1.54) is 12.8 Å². The monoisotopic (exact) mass is 369 g/mol. The van der Waals surface area contributed by atoms with E-state index in [4.69, 9.17) is 4.42 Å². The maximum atomic E-state index is 12.8. The number of nitrogens with zero attached hydrogens (tertiary/aromatic N) is 3. The molecule has 0 saturated carbocycles. The van der Waals surface area contributed by atoms with Crippen molar-refractivity contribution < 1.29 is 9.21 Å². The fourth-order valence-electron chi connectivity index (χ4n) is 4.86. The molecule has 0 radical (unpaired) electrons. The van der Waals surface area contributed by atoms with Crippen LogP contribution in [0.3, 0.4) is 0 Å². The molecule has 4 aliphatic heterocycles. The van der Waals surface area contributed by atoms with Crippen molar-refractivity contribution in [2.24, 2.45) is 5.92 Å². The van der Waals surface area contributed by atoms with Gasteiger partial charge in [-0.25, -0.2) is 0 Å². The Balaban J connectivity index is 1.34. The number of fused-ring (bicyclic) bond motifs is 4. The number of piperidine rings is 3. The molecule has 2 N–H and O–H groups in total. The second-order valence-electron chi connectivity index (χ2n) is 8.04. The third kappa shape index (κ3) is 3.08. The van der Waals surface area contributed by atoms with E-state index in [0.717, 1.165) is 56.1 Å². The highest BCUT2D eigenvalue weighted by molar-refractivity contribution is 5.96. The summed E-state index contributed by atoms with van der Waals surface area (Å²) < 4.78 is 6.03. The van der Waals surface area contributed by atoms with Crippen LogP contribution in [0, 0.1) is 5.92 Å². The van der Waals surface area contributed by atoms with E-state index < -0.39 is 0 Å². The Morgan fingerprint density at radius 1 is 1.22 bits per heavy atom. The largest absolute Gasteiger partial charge is 0.440 e. The van der Waals surface area contributed by atoms with Crippen LogP contribution in [0.15, 0.2) is 22.7 Å². The number of furan rings is 1. The van der Waals surface area contributed by atoms with Crippen LogP contribution >= 0.6 is 0 Å². The fraction of sp³-hybridized carbons (Fsp3) is 0.600. The lowest BCUT2D eigenvalue weighted by atomic mass is 9.79. The summed E-state index contributed by atoms with van der Waals surface area (Å²) in [5.41, 5.74) is 1.16. The lowest BCUT2D eigenvalue weighted by molar-refractivity contribution is 0.0216. The molecule has 4 fully saturated rings. The number of rotatable bonds is 3. The lowest BCUT2D eigenvalue weighted by Gasteiger charge is -2.49. The van der Waals surface area contributed by atoms with Crippen molar-refractivity contribution in [2.75, 3.05) is 44.2 Å². The molecule has 7 nitrogen and oxygen atoms in total. The van der Waals surface area contributed by atoms with Crippen molar-refractivity contribution >= 4 is 22.8 Å². The van der Waals surface area contributed by atoms with Gasteiger partial charge in [0.2, 0.25) is 0 Å². The average Bonchev–Trinajstić information content (AvgIpc) is 3.15. The molecule has 2 aromatic heterocycles. The predicted molar refractivity (Wildman–Crippen MR) is 104 cm³/mol. The highest BCUT2D eigenvalue weighted by Gasteiger charge is 2.40. The van der Waals surface area contributed by atoms with Crippen LogP contribution in [0.1, 0.15) is 30.3 Å². The van der Waals surface area contributed by atoms with E-state index in [1.54, 1.807) is 12.3 Å². The first-order valence-corrected chi connectivity index (χ1v) is 10.1. The topological polar surface area (TPSA) is 73.6 Å².